The average molecular weight is 308 g/mol. The maximum atomic E-state index is 12.7. The largest absolute Gasteiger partial charge is 0.486 e. The number of carbonyl (C=O) groups excluding carboxylic acids is 1. The summed E-state index contributed by atoms with van der Waals surface area (Å²) in [6.45, 7) is 2.57. The fourth-order valence-corrected chi connectivity index (χ4v) is 3.54. The highest BCUT2D eigenvalue weighted by atomic mass is 16.5. The van der Waals surface area contributed by atoms with Crippen LogP contribution >= 0.6 is 0 Å². The topological polar surface area (TPSA) is 32.8 Å². The van der Waals surface area contributed by atoms with E-state index in [0.717, 1.165) is 19.6 Å². The summed E-state index contributed by atoms with van der Waals surface area (Å²) in [5.41, 5.74) is 1.96. The van der Waals surface area contributed by atoms with Crippen LogP contribution in [0.1, 0.15) is 15.9 Å². The zero-order chi connectivity index (χ0) is 15.8. The molecule has 2 aromatic carbocycles. The van der Waals surface area contributed by atoms with Crippen LogP contribution in [0.25, 0.3) is 0 Å². The SMILES string of the molecule is CN1C(=O)c2ccccc2O[C@H]2CN(Cc3ccccc3)C[C@H]21. The summed E-state index contributed by atoms with van der Waals surface area (Å²) >= 11 is 0. The van der Waals surface area contributed by atoms with E-state index in [1.165, 1.54) is 5.56 Å². The summed E-state index contributed by atoms with van der Waals surface area (Å²) in [5, 5.41) is 0. The van der Waals surface area contributed by atoms with Crippen LogP contribution in [-0.2, 0) is 6.54 Å². The Morgan fingerprint density at radius 2 is 1.78 bits per heavy atom. The molecule has 1 amide bonds. The summed E-state index contributed by atoms with van der Waals surface area (Å²) < 4.78 is 6.19. The number of amides is 1. The normalized spacial score (nSPS) is 23.9. The van der Waals surface area contributed by atoms with E-state index in [1.54, 1.807) is 0 Å². The number of likely N-dealkylation sites (N-methyl/N-ethyl adjacent to an activating group) is 1. The van der Waals surface area contributed by atoms with Crippen LogP contribution in [0.2, 0.25) is 0 Å². The van der Waals surface area contributed by atoms with Crippen LogP contribution in [0.5, 0.6) is 5.75 Å². The Hall–Kier alpha value is -2.33. The van der Waals surface area contributed by atoms with Crippen molar-refractivity contribution in [3.05, 3.63) is 65.7 Å². The first-order chi connectivity index (χ1) is 11.2. The Morgan fingerprint density at radius 3 is 2.61 bits per heavy atom. The van der Waals surface area contributed by atoms with E-state index in [4.69, 9.17) is 4.74 Å². The molecule has 1 saturated heterocycles. The van der Waals surface area contributed by atoms with Gasteiger partial charge in [-0.15, -0.1) is 0 Å². The summed E-state index contributed by atoms with van der Waals surface area (Å²) in [4.78, 5) is 16.9. The molecule has 0 aromatic heterocycles. The Labute approximate surface area is 136 Å². The standard InChI is InChI=1S/C19H20N2O2/c1-20-16-12-21(11-14-7-3-2-4-8-14)13-18(16)23-17-10-6-5-9-15(17)19(20)22/h2-10,16,18H,11-13H2,1H3/t16-,18+/m1/s1. The molecule has 118 valence electrons. The molecule has 2 aliphatic rings. The highest BCUT2D eigenvalue weighted by molar-refractivity contribution is 5.97. The second-order valence-corrected chi connectivity index (χ2v) is 6.32. The molecule has 1 fully saturated rings. The van der Waals surface area contributed by atoms with Crippen molar-refractivity contribution >= 4 is 5.91 Å². The smallest absolute Gasteiger partial charge is 0.257 e. The van der Waals surface area contributed by atoms with Crippen LogP contribution in [-0.4, -0.2) is 48.0 Å². The minimum Gasteiger partial charge on any atom is -0.486 e. The molecular weight excluding hydrogens is 288 g/mol. The Bertz CT molecular complexity index is 716. The molecule has 4 rings (SSSR count). The molecule has 0 N–H and O–H groups in total. The number of hydrogen-bond donors (Lipinski definition) is 0. The van der Waals surface area contributed by atoms with Crippen LogP contribution in [0.4, 0.5) is 0 Å². The highest BCUT2D eigenvalue weighted by Crippen LogP contribution is 2.30. The van der Waals surface area contributed by atoms with E-state index in [2.05, 4.69) is 29.2 Å². The number of benzene rings is 2. The van der Waals surface area contributed by atoms with Crippen LogP contribution < -0.4 is 4.74 Å². The Balaban J connectivity index is 1.57. The zero-order valence-corrected chi connectivity index (χ0v) is 13.2. The van der Waals surface area contributed by atoms with Gasteiger partial charge in [-0.1, -0.05) is 42.5 Å². The Morgan fingerprint density at radius 1 is 1.04 bits per heavy atom. The minimum atomic E-state index is 0.0244. The maximum absolute atomic E-state index is 12.7. The fraction of sp³-hybridized carbons (Fsp3) is 0.316. The average Bonchev–Trinajstić information content (AvgIpc) is 2.93. The van der Waals surface area contributed by atoms with Crippen LogP contribution in [0.3, 0.4) is 0 Å². The van der Waals surface area contributed by atoms with Gasteiger partial charge in [0.2, 0.25) is 0 Å². The van der Waals surface area contributed by atoms with Gasteiger partial charge in [0.25, 0.3) is 5.91 Å². The number of likely N-dealkylation sites (tertiary alicyclic amines) is 1. The summed E-state index contributed by atoms with van der Waals surface area (Å²) in [6.07, 6.45) is 0.0244. The van der Waals surface area contributed by atoms with Crippen molar-refractivity contribution in [3.63, 3.8) is 0 Å². The van der Waals surface area contributed by atoms with Gasteiger partial charge in [-0.2, -0.15) is 0 Å². The third-order valence-electron chi connectivity index (χ3n) is 4.78. The van der Waals surface area contributed by atoms with Crippen molar-refractivity contribution in [1.29, 1.82) is 0 Å². The van der Waals surface area contributed by atoms with Gasteiger partial charge >= 0.3 is 0 Å². The first-order valence-corrected chi connectivity index (χ1v) is 8.01. The van der Waals surface area contributed by atoms with Gasteiger partial charge in [-0.3, -0.25) is 9.69 Å². The van der Waals surface area contributed by atoms with E-state index in [0.29, 0.717) is 11.3 Å². The molecule has 0 bridgehead atoms. The predicted molar refractivity (Wildman–Crippen MR) is 88.5 cm³/mol. The number of nitrogens with zero attached hydrogens (tertiary/aromatic N) is 2. The molecule has 2 aliphatic heterocycles. The molecule has 4 heteroatoms. The third kappa shape index (κ3) is 2.59. The van der Waals surface area contributed by atoms with Crippen molar-refractivity contribution in [1.82, 2.24) is 9.80 Å². The lowest BCUT2D eigenvalue weighted by Crippen LogP contribution is -2.44. The van der Waals surface area contributed by atoms with E-state index < -0.39 is 0 Å². The van der Waals surface area contributed by atoms with Crippen molar-refractivity contribution in [3.8, 4) is 5.75 Å². The number of para-hydroxylation sites is 1. The van der Waals surface area contributed by atoms with Crippen molar-refractivity contribution in [2.24, 2.45) is 0 Å². The lowest BCUT2D eigenvalue weighted by atomic mass is 10.1. The first kappa shape index (κ1) is 14.3. The quantitative estimate of drug-likeness (QED) is 0.854. The monoisotopic (exact) mass is 308 g/mol. The van der Waals surface area contributed by atoms with E-state index in [9.17, 15) is 4.79 Å². The minimum absolute atomic E-state index is 0.0244. The molecule has 23 heavy (non-hydrogen) atoms. The number of rotatable bonds is 2. The highest BCUT2D eigenvalue weighted by Gasteiger charge is 2.41. The Kier molecular flexibility index (Phi) is 3.54. The van der Waals surface area contributed by atoms with Gasteiger partial charge < -0.3 is 9.64 Å². The van der Waals surface area contributed by atoms with Crippen molar-refractivity contribution in [2.75, 3.05) is 20.1 Å². The lowest BCUT2D eigenvalue weighted by molar-refractivity contribution is 0.0682. The number of hydrogen-bond acceptors (Lipinski definition) is 3. The molecule has 0 radical (unpaired) electrons. The van der Waals surface area contributed by atoms with Gasteiger partial charge in [0.15, 0.2) is 0 Å². The van der Waals surface area contributed by atoms with Crippen LogP contribution in [0, 0.1) is 0 Å². The molecule has 4 nitrogen and oxygen atoms in total. The van der Waals surface area contributed by atoms with Gasteiger partial charge in [0.1, 0.15) is 11.9 Å². The summed E-state index contributed by atoms with van der Waals surface area (Å²) in [6, 6.07) is 18.1. The zero-order valence-electron chi connectivity index (χ0n) is 13.2. The molecule has 0 unspecified atom stereocenters. The van der Waals surface area contributed by atoms with E-state index in [-0.39, 0.29) is 18.1 Å². The molecule has 0 aliphatic carbocycles. The van der Waals surface area contributed by atoms with Gasteiger partial charge in [-0.05, 0) is 17.7 Å². The predicted octanol–water partition coefficient (Wildman–Crippen LogP) is 2.40. The van der Waals surface area contributed by atoms with Gasteiger partial charge in [0.05, 0.1) is 11.6 Å². The molecule has 0 spiro atoms. The molecular formula is C19H20N2O2. The van der Waals surface area contributed by atoms with Gasteiger partial charge in [0, 0.05) is 26.7 Å². The molecule has 2 heterocycles. The number of carbonyl (C=O) groups is 1. The second-order valence-electron chi connectivity index (χ2n) is 6.32. The van der Waals surface area contributed by atoms with Gasteiger partial charge in [-0.25, -0.2) is 0 Å². The fourth-order valence-electron chi connectivity index (χ4n) is 3.54. The maximum Gasteiger partial charge on any atom is 0.257 e. The first-order valence-electron chi connectivity index (χ1n) is 8.01. The van der Waals surface area contributed by atoms with Crippen molar-refractivity contribution < 1.29 is 9.53 Å². The third-order valence-corrected chi connectivity index (χ3v) is 4.78. The number of fused-ring (bicyclic) bond motifs is 2. The summed E-state index contributed by atoms with van der Waals surface area (Å²) in [7, 11) is 1.89. The van der Waals surface area contributed by atoms with E-state index in [1.807, 2.05) is 42.3 Å². The number of ether oxygens (including phenoxy) is 1. The lowest BCUT2D eigenvalue weighted by Gasteiger charge is -2.25. The molecule has 0 saturated carbocycles. The van der Waals surface area contributed by atoms with E-state index >= 15 is 0 Å². The molecule has 2 aromatic rings. The van der Waals surface area contributed by atoms with Crippen molar-refractivity contribution in [2.45, 2.75) is 18.7 Å². The molecule has 2 atom stereocenters. The van der Waals surface area contributed by atoms with Crippen LogP contribution in [0.15, 0.2) is 54.6 Å². The summed E-state index contributed by atoms with van der Waals surface area (Å²) in [5.74, 6) is 0.757. The second kappa shape index (κ2) is 5.70.